The van der Waals surface area contributed by atoms with Crippen LogP contribution in [-0.2, 0) is 4.74 Å². The zero-order valence-corrected chi connectivity index (χ0v) is 19.2. The molecule has 4 atom stereocenters. The van der Waals surface area contributed by atoms with Crippen LogP contribution in [0.25, 0.3) is 0 Å². The van der Waals surface area contributed by atoms with Gasteiger partial charge in [0, 0.05) is 28.9 Å². The minimum Gasteiger partial charge on any atom is -0.388 e. The van der Waals surface area contributed by atoms with Gasteiger partial charge in [-0.2, -0.15) is 9.36 Å². The van der Waals surface area contributed by atoms with E-state index >= 15 is 0 Å². The summed E-state index contributed by atoms with van der Waals surface area (Å²) in [5.41, 5.74) is -0.324. The van der Waals surface area contributed by atoms with E-state index in [0.717, 1.165) is 0 Å². The lowest BCUT2D eigenvalue weighted by molar-refractivity contribution is -0.106. The number of anilines is 2. The highest BCUT2D eigenvalue weighted by molar-refractivity contribution is 7.09. The molecule has 2 aliphatic rings. The summed E-state index contributed by atoms with van der Waals surface area (Å²) < 4.78 is 11.9. The highest BCUT2D eigenvalue weighted by Crippen LogP contribution is 2.49. The number of hydrogen-bond donors (Lipinski definition) is 2. The maximum Gasteiger partial charge on any atom is 0.351 e. The van der Waals surface area contributed by atoms with Gasteiger partial charge in [-0.1, -0.05) is 25.1 Å². The van der Waals surface area contributed by atoms with Gasteiger partial charge >= 0.3 is 5.69 Å². The van der Waals surface area contributed by atoms with Gasteiger partial charge < -0.3 is 20.1 Å². The van der Waals surface area contributed by atoms with Crippen LogP contribution in [0.3, 0.4) is 0 Å². The first kappa shape index (κ1) is 21.7. The largest absolute Gasteiger partial charge is 0.388 e. The summed E-state index contributed by atoms with van der Waals surface area (Å²) in [6.07, 6.45) is 0.625. The van der Waals surface area contributed by atoms with E-state index in [1.165, 1.54) is 16.1 Å². The van der Waals surface area contributed by atoms with Crippen LogP contribution in [0.4, 0.5) is 10.9 Å². The molecule has 2 saturated heterocycles. The SMILES string of the molecule is CC[C@@]12CN(c3nc(C)ns3)[C@@H]([C@H](n3cc(C)c(NC(=O)c4ccccc4)nc3=O)O1)[C@@H]2O. The zero-order valence-electron chi connectivity index (χ0n) is 18.4. The Morgan fingerprint density at radius 3 is 2.70 bits per heavy atom. The molecule has 1 amide bonds. The van der Waals surface area contributed by atoms with E-state index < -0.39 is 29.7 Å². The summed E-state index contributed by atoms with van der Waals surface area (Å²) in [7, 11) is 0. The molecule has 2 N–H and O–H groups in total. The number of amides is 1. The van der Waals surface area contributed by atoms with Crippen molar-refractivity contribution in [1.82, 2.24) is 18.9 Å². The number of fused-ring (bicyclic) bond motifs is 2. The number of morpholine rings is 1. The molecule has 33 heavy (non-hydrogen) atoms. The predicted octanol–water partition coefficient (Wildman–Crippen LogP) is 1.89. The smallest absolute Gasteiger partial charge is 0.351 e. The fourth-order valence-electron chi connectivity index (χ4n) is 4.56. The first-order valence-corrected chi connectivity index (χ1v) is 11.5. The van der Waals surface area contributed by atoms with Crippen LogP contribution in [0, 0.1) is 13.8 Å². The number of hydrogen-bond acceptors (Lipinski definition) is 9. The Morgan fingerprint density at radius 2 is 2.06 bits per heavy atom. The van der Waals surface area contributed by atoms with Crippen molar-refractivity contribution in [2.75, 3.05) is 16.8 Å². The molecule has 2 bridgehead atoms. The average Bonchev–Trinajstić information content (AvgIpc) is 3.46. The summed E-state index contributed by atoms with van der Waals surface area (Å²) in [6, 6.07) is 8.20. The molecule has 11 heteroatoms. The fourth-order valence-corrected chi connectivity index (χ4v) is 5.28. The van der Waals surface area contributed by atoms with E-state index in [1.54, 1.807) is 37.4 Å². The third kappa shape index (κ3) is 3.52. The van der Waals surface area contributed by atoms with E-state index in [-0.39, 0.29) is 11.7 Å². The molecule has 10 nitrogen and oxygen atoms in total. The summed E-state index contributed by atoms with van der Waals surface area (Å²) >= 11 is 1.26. The molecule has 172 valence electrons. The Kier molecular flexibility index (Phi) is 5.26. The number of aromatic nitrogens is 4. The normalized spacial score (nSPS) is 26.1. The summed E-state index contributed by atoms with van der Waals surface area (Å²) in [6.45, 7) is 5.99. The van der Waals surface area contributed by atoms with Gasteiger partial charge in [0.25, 0.3) is 5.91 Å². The van der Waals surface area contributed by atoms with Crippen molar-refractivity contribution < 1.29 is 14.6 Å². The first-order valence-electron chi connectivity index (χ1n) is 10.7. The Hall–Kier alpha value is -3.15. The van der Waals surface area contributed by atoms with E-state index in [2.05, 4.69) is 19.7 Å². The van der Waals surface area contributed by atoms with Crippen LogP contribution < -0.4 is 15.9 Å². The highest BCUT2D eigenvalue weighted by atomic mass is 32.1. The molecule has 0 radical (unpaired) electrons. The summed E-state index contributed by atoms with van der Waals surface area (Å²) in [4.78, 5) is 36.1. The third-order valence-corrected chi connectivity index (χ3v) is 7.19. The number of aryl methyl sites for hydroxylation is 2. The topological polar surface area (TPSA) is 122 Å². The van der Waals surface area contributed by atoms with E-state index in [0.29, 0.717) is 35.0 Å². The second-order valence-corrected chi connectivity index (χ2v) is 9.13. The van der Waals surface area contributed by atoms with Gasteiger partial charge in [-0.05, 0) is 32.4 Å². The lowest BCUT2D eigenvalue weighted by Crippen LogP contribution is -2.48. The molecule has 1 aromatic carbocycles. The number of benzene rings is 1. The monoisotopic (exact) mass is 468 g/mol. The second-order valence-electron chi connectivity index (χ2n) is 8.40. The predicted molar refractivity (Wildman–Crippen MR) is 123 cm³/mol. The summed E-state index contributed by atoms with van der Waals surface area (Å²) in [5, 5.41) is 14.5. The quantitative estimate of drug-likeness (QED) is 0.582. The molecule has 2 aromatic heterocycles. The van der Waals surface area contributed by atoms with Crippen LogP contribution in [0.15, 0.2) is 41.3 Å². The van der Waals surface area contributed by atoms with E-state index in [1.807, 2.05) is 24.8 Å². The number of nitrogens with one attached hydrogen (secondary N) is 1. The summed E-state index contributed by atoms with van der Waals surface area (Å²) in [5.74, 6) is 0.497. The molecule has 0 spiro atoms. The Balaban J connectivity index is 1.47. The second kappa shape index (κ2) is 8.01. The van der Waals surface area contributed by atoms with Gasteiger partial charge in [0.1, 0.15) is 29.4 Å². The lowest BCUT2D eigenvalue weighted by Gasteiger charge is -2.36. The maximum absolute atomic E-state index is 13.0. The Labute approximate surface area is 194 Å². The van der Waals surface area contributed by atoms with Crippen LogP contribution in [0.5, 0.6) is 0 Å². The highest BCUT2D eigenvalue weighted by Gasteiger charge is 2.63. The first-order chi connectivity index (χ1) is 15.8. The van der Waals surface area contributed by atoms with E-state index in [4.69, 9.17) is 4.74 Å². The van der Waals surface area contributed by atoms with Crippen LogP contribution in [-0.4, -0.2) is 54.2 Å². The van der Waals surface area contributed by atoms with Crippen molar-refractivity contribution in [2.24, 2.45) is 0 Å². The van der Waals surface area contributed by atoms with Crippen LogP contribution in [0.2, 0.25) is 0 Å². The van der Waals surface area contributed by atoms with Gasteiger partial charge in [0.05, 0.1) is 6.54 Å². The fraction of sp³-hybridized carbons (Fsp3) is 0.409. The number of carbonyl (C=O) groups is 1. The number of aliphatic hydroxyl groups is 1. The number of aliphatic hydroxyl groups excluding tert-OH is 1. The van der Waals surface area contributed by atoms with Crippen molar-refractivity contribution in [3.63, 3.8) is 0 Å². The maximum atomic E-state index is 13.0. The molecular formula is C22H24N6O4S. The Morgan fingerprint density at radius 1 is 1.30 bits per heavy atom. The van der Waals surface area contributed by atoms with Gasteiger partial charge in [0.2, 0.25) is 5.13 Å². The van der Waals surface area contributed by atoms with Crippen molar-refractivity contribution in [3.05, 3.63) is 64.0 Å². The molecule has 0 unspecified atom stereocenters. The van der Waals surface area contributed by atoms with E-state index in [9.17, 15) is 14.7 Å². The minimum atomic E-state index is -0.817. The molecule has 4 heterocycles. The molecule has 2 aliphatic heterocycles. The van der Waals surface area contributed by atoms with Gasteiger partial charge in [-0.3, -0.25) is 9.36 Å². The molecule has 0 saturated carbocycles. The van der Waals surface area contributed by atoms with Crippen molar-refractivity contribution >= 4 is 28.4 Å². The average molecular weight is 469 g/mol. The van der Waals surface area contributed by atoms with Crippen molar-refractivity contribution in [1.29, 1.82) is 0 Å². The van der Waals surface area contributed by atoms with Gasteiger partial charge in [0.15, 0.2) is 6.23 Å². The van der Waals surface area contributed by atoms with Crippen LogP contribution in [0.1, 0.15) is 41.3 Å². The third-order valence-electron chi connectivity index (χ3n) is 6.35. The number of carbonyl (C=O) groups excluding carboxylic acids is 1. The Bertz CT molecular complexity index is 1260. The molecule has 0 aliphatic carbocycles. The molecule has 2 fully saturated rings. The van der Waals surface area contributed by atoms with Gasteiger partial charge in [-0.15, -0.1) is 0 Å². The van der Waals surface area contributed by atoms with Crippen molar-refractivity contribution in [3.8, 4) is 0 Å². The standard InChI is InChI=1S/C22H24N6O4S/c1-4-22-11-28(21-23-13(3)26-33-21)15(16(22)29)19(32-22)27-10-12(2)17(25-20(27)31)24-18(30)14-8-6-5-7-9-14/h5-10,15-16,19,29H,4,11H2,1-3H3,(H,24,25,30,31)/t15-,16+,19-,22+/m1/s1. The zero-order chi connectivity index (χ0) is 23.3. The van der Waals surface area contributed by atoms with Crippen LogP contribution >= 0.6 is 11.5 Å². The number of ether oxygens (including phenoxy) is 1. The lowest BCUT2D eigenvalue weighted by atomic mass is 9.96. The van der Waals surface area contributed by atoms with Gasteiger partial charge in [-0.25, -0.2) is 9.78 Å². The number of rotatable bonds is 5. The minimum absolute atomic E-state index is 0.190. The van der Waals surface area contributed by atoms with Crippen molar-refractivity contribution in [2.45, 2.75) is 51.2 Å². The molecule has 5 rings (SSSR count). The number of nitrogens with zero attached hydrogens (tertiary/aromatic N) is 5. The molecular weight excluding hydrogens is 444 g/mol. The molecule has 3 aromatic rings.